The number of phenolic OH excluding ortho intramolecular Hbond substituents is 1. The highest BCUT2D eigenvalue weighted by Gasteiger charge is 2.11. The Morgan fingerprint density at radius 1 is 1.42 bits per heavy atom. The van der Waals surface area contributed by atoms with E-state index in [1.165, 1.54) is 6.07 Å². The fourth-order valence-corrected chi connectivity index (χ4v) is 0.786. The van der Waals surface area contributed by atoms with E-state index in [0.717, 1.165) is 6.07 Å². The Kier molecular flexibility index (Phi) is 2.57. The molecule has 0 atom stereocenters. The first-order chi connectivity index (χ1) is 5.66. The topological polar surface area (TPSA) is 55.5 Å². The van der Waals surface area contributed by atoms with Gasteiger partial charge < -0.3 is 5.11 Å². The first-order valence-electron chi connectivity index (χ1n) is 3.14. The van der Waals surface area contributed by atoms with E-state index < -0.39 is 17.4 Å². The van der Waals surface area contributed by atoms with Crippen molar-refractivity contribution in [3.63, 3.8) is 0 Å². The van der Waals surface area contributed by atoms with Crippen molar-refractivity contribution in [3.8, 4) is 5.75 Å². The van der Waals surface area contributed by atoms with Gasteiger partial charge in [-0.05, 0) is 12.1 Å². The van der Waals surface area contributed by atoms with Gasteiger partial charge in [-0.1, -0.05) is 0 Å². The highest BCUT2D eigenvalue weighted by molar-refractivity contribution is 5.33. The zero-order valence-corrected chi connectivity index (χ0v) is 6.05. The monoisotopic (exact) mass is 175 g/mol. The van der Waals surface area contributed by atoms with Gasteiger partial charge in [0.05, 0.1) is 6.61 Å². The van der Waals surface area contributed by atoms with Crippen LogP contribution in [0.2, 0.25) is 0 Å². The number of halogens is 2. The molecule has 0 amide bonds. The molecule has 0 radical (unpaired) electrons. The highest BCUT2D eigenvalue weighted by atomic mass is 19.2. The zero-order chi connectivity index (χ0) is 9.14. The van der Waals surface area contributed by atoms with Gasteiger partial charge in [0.2, 0.25) is 5.82 Å². The van der Waals surface area contributed by atoms with Crippen molar-refractivity contribution in [1.82, 2.24) is 0 Å². The largest absolute Gasteiger partial charge is 0.504 e. The van der Waals surface area contributed by atoms with E-state index in [9.17, 15) is 8.78 Å². The van der Waals surface area contributed by atoms with Gasteiger partial charge >= 0.3 is 0 Å². The van der Waals surface area contributed by atoms with Crippen LogP contribution in [0.1, 0.15) is 5.56 Å². The molecule has 0 unspecified atom stereocenters. The predicted molar refractivity (Wildman–Crippen MR) is 37.0 cm³/mol. The van der Waals surface area contributed by atoms with Crippen LogP contribution in [-0.4, -0.2) is 5.11 Å². The van der Waals surface area contributed by atoms with Crippen molar-refractivity contribution >= 4 is 0 Å². The quantitative estimate of drug-likeness (QED) is 0.661. The Bertz CT molecular complexity index is 291. The summed E-state index contributed by atoms with van der Waals surface area (Å²) in [6.07, 6.45) is 0. The smallest absolute Gasteiger partial charge is 0.200 e. The summed E-state index contributed by atoms with van der Waals surface area (Å²) in [5.74, 6) is 1.54. The van der Waals surface area contributed by atoms with Gasteiger partial charge in [0, 0.05) is 5.56 Å². The fourth-order valence-electron chi connectivity index (χ4n) is 0.786. The Morgan fingerprint density at radius 2 is 2.08 bits per heavy atom. The number of nitrogens with two attached hydrogens (primary N) is 1. The number of hydrogen-bond acceptors (Lipinski definition) is 3. The summed E-state index contributed by atoms with van der Waals surface area (Å²) in [5, 5.41) is 8.96. The Labute approximate surface area is 67.3 Å². The lowest BCUT2D eigenvalue weighted by molar-refractivity contribution is 0.121. The summed E-state index contributed by atoms with van der Waals surface area (Å²) in [5.41, 5.74) is 0.108. The molecule has 0 heterocycles. The van der Waals surface area contributed by atoms with Gasteiger partial charge in [0.1, 0.15) is 0 Å². The molecular formula is C7H7F2NO2. The van der Waals surface area contributed by atoms with Crippen molar-refractivity contribution in [2.24, 2.45) is 5.90 Å². The molecule has 0 fully saturated rings. The van der Waals surface area contributed by atoms with E-state index in [1.807, 2.05) is 0 Å². The molecule has 0 bridgehead atoms. The normalized spacial score (nSPS) is 10.2. The van der Waals surface area contributed by atoms with Crippen molar-refractivity contribution < 1.29 is 18.7 Å². The van der Waals surface area contributed by atoms with Gasteiger partial charge in [0.25, 0.3) is 0 Å². The summed E-state index contributed by atoms with van der Waals surface area (Å²) in [4.78, 5) is 4.15. The molecule has 1 aromatic rings. The number of rotatable bonds is 2. The van der Waals surface area contributed by atoms with Crippen LogP contribution in [0.25, 0.3) is 0 Å². The zero-order valence-electron chi connectivity index (χ0n) is 6.05. The average molecular weight is 175 g/mol. The molecular weight excluding hydrogens is 168 g/mol. The molecule has 0 aliphatic carbocycles. The van der Waals surface area contributed by atoms with E-state index in [0.29, 0.717) is 0 Å². The van der Waals surface area contributed by atoms with Gasteiger partial charge in [-0.3, -0.25) is 4.84 Å². The minimum atomic E-state index is -1.29. The van der Waals surface area contributed by atoms with E-state index in [4.69, 9.17) is 11.0 Å². The fraction of sp³-hybridized carbons (Fsp3) is 0.143. The first-order valence-corrected chi connectivity index (χ1v) is 3.14. The third-order valence-corrected chi connectivity index (χ3v) is 1.39. The van der Waals surface area contributed by atoms with Gasteiger partial charge in [-0.25, -0.2) is 10.3 Å². The summed E-state index contributed by atoms with van der Waals surface area (Å²) in [6.45, 7) is -0.164. The maximum atomic E-state index is 12.6. The van der Waals surface area contributed by atoms with Crippen LogP contribution >= 0.6 is 0 Å². The van der Waals surface area contributed by atoms with Crippen LogP contribution in [-0.2, 0) is 11.4 Å². The molecule has 0 saturated carbocycles. The van der Waals surface area contributed by atoms with Crippen LogP contribution in [0.3, 0.4) is 0 Å². The Hall–Kier alpha value is -1.20. The van der Waals surface area contributed by atoms with Crippen molar-refractivity contribution in [2.45, 2.75) is 6.61 Å². The van der Waals surface area contributed by atoms with Gasteiger partial charge in [0.15, 0.2) is 11.6 Å². The molecule has 5 heteroatoms. The van der Waals surface area contributed by atoms with Crippen LogP contribution in [0.4, 0.5) is 8.78 Å². The van der Waals surface area contributed by atoms with E-state index >= 15 is 0 Å². The second-order valence-corrected chi connectivity index (χ2v) is 2.18. The van der Waals surface area contributed by atoms with Gasteiger partial charge in [-0.2, -0.15) is 4.39 Å². The molecule has 3 N–H and O–H groups in total. The first kappa shape index (κ1) is 8.89. The predicted octanol–water partition coefficient (Wildman–Crippen LogP) is 1.06. The lowest BCUT2D eigenvalue weighted by Gasteiger charge is -2.03. The molecule has 3 nitrogen and oxygen atoms in total. The third-order valence-electron chi connectivity index (χ3n) is 1.39. The summed E-state index contributed by atoms with van der Waals surface area (Å²) in [6, 6.07) is 2.09. The minimum Gasteiger partial charge on any atom is -0.504 e. The molecule has 1 aromatic carbocycles. The average Bonchev–Trinajstić information content (AvgIpc) is 2.07. The second kappa shape index (κ2) is 3.46. The molecule has 66 valence electrons. The molecule has 0 saturated heterocycles. The SMILES string of the molecule is NOCc1ccc(F)c(F)c1O. The van der Waals surface area contributed by atoms with Crippen LogP contribution < -0.4 is 5.90 Å². The lowest BCUT2D eigenvalue weighted by atomic mass is 10.2. The standard InChI is InChI=1S/C7H7F2NO2/c8-5-2-1-4(3-12-10)7(11)6(5)9/h1-2,11H,3,10H2. The molecule has 0 aromatic heterocycles. The summed E-state index contributed by atoms with van der Waals surface area (Å²) >= 11 is 0. The maximum Gasteiger partial charge on any atom is 0.200 e. The van der Waals surface area contributed by atoms with Crippen LogP contribution in [0.5, 0.6) is 5.75 Å². The van der Waals surface area contributed by atoms with E-state index in [-0.39, 0.29) is 12.2 Å². The molecule has 0 aliphatic heterocycles. The Balaban J connectivity index is 3.08. The lowest BCUT2D eigenvalue weighted by Crippen LogP contribution is -2.00. The van der Waals surface area contributed by atoms with Crippen LogP contribution in [0.15, 0.2) is 12.1 Å². The highest BCUT2D eigenvalue weighted by Crippen LogP contribution is 2.23. The number of hydrogen-bond donors (Lipinski definition) is 2. The van der Waals surface area contributed by atoms with Crippen molar-refractivity contribution in [2.75, 3.05) is 0 Å². The summed E-state index contributed by atoms with van der Waals surface area (Å²) < 4.78 is 25.0. The maximum absolute atomic E-state index is 12.6. The minimum absolute atomic E-state index is 0.108. The van der Waals surface area contributed by atoms with E-state index in [2.05, 4.69) is 4.84 Å². The molecule has 0 spiro atoms. The van der Waals surface area contributed by atoms with Gasteiger partial charge in [-0.15, -0.1) is 0 Å². The number of phenols is 1. The Morgan fingerprint density at radius 3 is 2.67 bits per heavy atom. The second-order valence-electron chi connectivity index (χ2n) is 2.18. The third kappa shape index (κ3) is 1.51. The van der Waals surface area contributed by atoms with Crippen LogP contribution in [0, 0.1) is 11.6 Å². The van der Waals surface area contributed by atoms with E-state index in [1.54, 1.807) is 0 Å². The van der Waals surface area contributed by atoms with Crippen molar-refractivity contribution in [1.29, 1.82) is 0 Å². The molecule has 1 rings (SSSR count). The van der Waals surface area contributed by atoms with Crippen molar-refractivity contribution in [3.05, 3.63) is 29.3 Å². The molecule has 12 heavy (non-hydrogen) atoms. The number of aromatic hydroxyl groups is 1. The number of benzene rings is 1. The summed E-state index contributed by atoms with van der Waals surface area (Å²) in [7, 11) is 0. The molecule has 0 aliphatic rings.